The summed E-state index contributed by atoms with van der Waals surface area (Å²) in [6, 6.07) is 8.67. The number of benzene rings is 1. The molecule has 2 rings (SSSR count). The molecule has 0 saturated carbocycles. The minimum absolute atomic E-state index is 0.0832. The number of aliphatic hydroxyl groups excluding tert-OH is 1. The van der Waals surface area contributed by atoms with E-state index >= 15 is 0 Å². The molecular formula is C20H32N2O2. The van der Waals surface area contributed by atoms with Crippen LogP contribution in [0, 0.1) is 5.92 Å². The van der Waals surface area contributed by atoms with Crippen LogP contribution in [-0.4, -0.2) is 48.7 Å². The van der Waals surface area contributed by atoms with Crippen LogP contribution in [0.3, 0.4) is 0 Å². The average molecular weight is 332 g/mol. The van der Waals surface area contributed by atoms with E-state index in [0.717, 1.165) is 32.4 Å². The Labute approximate surface area is 146 Å². The first-order valence-electron chi connectivity index (χ1n) is 9.08. The van der Waals surface area contributed by atoms with Crippen molar-refractivity contribution in [2.75, 3.05) is 32.8 Å². The third-order valence-corrected chi connectivity index (χ3v) is 4.78. The number of hydrogen-bond donors (Lipinski definition) is 2. The number of hydrogen-bond acceptors (Lipinski definition) is 3. The Morgan fingerprint density at radius 3 is 2.62 bits per heavy atom. The lowest BCUT2D eigenvalue weighted by Crippen LogP contribution is -2.43. The number of piperidine rings is 1. The van der Waals surface area contributed by atoms with Gasteiger partial charge in [-0.1, -0.05) is 45.0 Å². The number of carbonyl (C=O) groups excluding carboxylic acids is 1. The van der Waals surface area contributed by atoms with Crippen molar-refractivity contribution in [1.29, 1.82) is 0 Å². The lowest BCUT2D eigenvalue weighted by molar-refractivity contribution is -0.122. The SMILES string of the molecule is CC(C)(C)c1ccc(CCNC(=O)CN2CCCC(CO)C2)cc1. The molecule has 2 N–H and O–H groups in total. The van der Waals surface area contributed by atoms with Crippen LogP contribution in [0.2, 0.25) is 0 Å². The normalized spacial score (nSPS) is 19.2. The summed E-state index contributed by atoms with van der Waals surface area (Å²) < 4.78 is 0. The molecule has 0 spiro atoms. The summed E-state index contributed by atoms with van der Waals surface area (Å²) in [4.78, 5) is 14.2. The van der Waals surface area contributed by atoms with Gasteiger partial charge in [-0.15, -0.1) is 0 Å². The summed E-state index contributed by atoms with van der Waals surface area (Å²) in [5.74, 6) is 0.410. The molecule has 24 heavy (non-hydrogen) atoms. The van der Waals surface area contributed by atoms with E-state index in [1.165, 1.54) is 11.1 Å². The average Bonchev–Trinajstić information content (AvgIpc) is 2.54. The van der Waals surface area contributed by atoms with Gasteiger partial charge in [-0.3, -0.25) is 9.69 Å². The molecule has 1 fully saturated rings. The molecule has 134 valence electrons. The van der Waals surface area contributed by atoms with Crippen molar-refractivity contribution in [3.05, 3.63) is 35.4 Å². The van der Waals surface area contributed by atoms with Gasteiger partial charge in [-0.05, 0) is 48.3 Å². The predicted molar refractivity (Wildman–Crippen MR) is 98.1 cm³/mol. The van der Waals surface area contributed by atoms with Gasteiger partial charge < -0.3 is 10.4 Å². The van der Waals surface area contributed by atoms with Crippen molar-refractivity contribution in [2.45, 2.75) is 45.4 Å². The minimum Gasteiger partial charge on any atom is -0.396 e. The highest BCUT2D eigenvalue weighted by Gasteiger charge is 2.20. The molecule has 4 heteroatoms. The highest BCUT2D eigenvalue weighted by atomic mass is 16.3. The fourth-order valence-corrected chi connectivity index (χ4v) is 3.22. The molecule has 0 aliphatic carbocycles. The summed E-state index contributed by atoms with van der Waals surface area (Å²) in [6.07, 6.45) is 2.99. The topological polar surface area (TPSA) is 52.6 Å². The van der Waals surface area contributed by atoms with Crippen molar-refractivity contribution < 1.29 is 9.90 Å². The van der Waals surface area contributed by atoms with Crippen molar-refractivity contribution >= 4 is 5.91 Å². The van der Waals surface area contributed by atoms with E-state index in [4.69, 9.17) is 0 Å². The van der Waals surface area contributed by atoms with Crippen LogP contribution in [0.1, 0.15) is 44.7 Å². The fraction of sp³-hybridized carbons (Fsp3) is 0.650. The molecule has 1 aliphatic rings. The molecule has 1 aliphatic heterocycles. The molecule has 0 radical (unpaired) electrons. The zero-order valence-electron chi connectivity index (χ0n) is 15.3. The van der Waals surface area contributed by atoms with Gasteiger partial charge in [-0.2, -0.15) is 0 Å². The van der Waals surface area contributed by atoms with Crippen LogP contribution in [0.15, 0.2) is 24.3 Å². The van der Waals surface area contributed by atoms with E-state index in [2.05, 4.69) is 55.3 Å². The molecule has 1 amide bonds. The lowest BCUT2D eigenvalue weighted by Gasteiger charge is -2.31. The van der Waals surface area contributed by atoms with Gasteiger partial charge in [-0.25, -0.2) is 0 Å². The quantitative estimate of drug-likeness (QED) is 0.841. The molecule has 0 aromatic heterocycles. The van der Waals surface area contributed by atoms with Gasteiger partial charge in [0, 0.05) is 19.7 Å². The van der Waals surface area contributed by atoms with Gasteiger partial charge in [0.25, 0.3) is 0 Å². The first-order chi connectivity index (χ1) is 11.4. The predicted octanol–water partition coefficient (Wildman–Crippen LogP) is 2.35. The monoisotopic (exact) mass is 332 g/mol. The maximum absolute atomic E-state index is 12.1. The molecule has 1 aromatic rings. The van der Waals surface area contributed by atoms with Crippen LogP contribution >= 0.6 is 0 Å². The first-order valence-corrected chi connectivity index (χ1v) is 9.08. The third kappa shape index (κ3) is 5.91. The molecule has 4 nitrogen and oxygen atoms in total. The maximum atomic E-state index is 12.1. The van der Waals surface area contributed by atoms with E-state index in [9.17, 15) is 9.90 Å². The van der Waals surface area contributed by atoms with Crippen LogP contribution in [-0.2, 0) is 16.6 Å². The molecule has 1 aromatic carbocycles. The second-order valence-electron chi connectivity index (χ2n) is 7.97. The van der Waals surface area contributed by atoms with Crippen molar-refractivity contribution in [3.8, 4) is 0 Å². The molecule has 1 saturated heterocycles. The first kappa shape index (κ1) is 18.9. The summed E-state index contributed by atoms with van der Waals surface area (Å²) in [7, 11) is 0. The van der Waals surface area contributed by atoms with Gasteiger partial charge >= 0.3 is 0 Å². The molecule has 1 unspecified atom stereocenters. The Morgan fingerprint density at radius 1 is 1.29 bits per heavy atom. The van der Waals surface area contributed by atoms with Crippen molar-refractivity contribution in [3.63, 3.8) is 0 Å². The Morgan fingerprint density at radius 2 is 2.00 bits per heavy atom. The summed E-state index contributed by atoms with van der Waals surface area (Å²) >= 11 is 0. The van der Waals surface area contributed by atoms with Crippen molar-refractivity contribution in [1.82, 2.24) is 10.2 Å². The third-order valence-electron chi connectivity index (χ3n) is 4.78. The Hall–Kier alpha value is -1.39. The lowest BCUT2D eigenvalue weighted by atomic mass is 9.86. The number of likely N-dealkylation sites (tertiary alicyclic amines) is 1. The number of amides is 1. The van der Waals surface area contributed by atoms with Crippen LogP contribution in [0.5, 0.6) is 0 Å². The van der Waals surface area contributed by atoms with Gasteiger partial charge in [0.1, 0.15) is 0 Å². The van der Waals surface area contributed by atoms with Crippen LogP contribution in [0.4, 0.5) is 0 Å². The maximum Gasteiger partial charge on any atom is 0.234 e. The zero-order valence-corrected chi connectivity index (χ0v) is 15.3. The Kier molecular flexibility index (Phi) is 6.81. The van der Waals surface area contributed by atoms with E-state index in [0.29, 0.717) is 19.0 Å². The number of carbonyl (C=O) groups is 1. The summed E-state index contributed by atoms with van der Waals surface area (Å²) in [5, 5.41) is 12.3. The number of aliphatic hydroxyl groups is 1. The molecule has 1 atom stereocenters. The highest BCUT2D eigenvalue weighted by molar-refractivity contribution is 5.78. The van der Waals surface area contributed by atoms with Gasteiger partial charge in [0.2, 0.25) is 5.91 Å². The van der Waals surface area contributed by atoms with E-state index in [1.807, 2.05) is 0 Å². The highest BCUT2D eigenvalue weighted by Crippen LogP contribution is 2.22. The zero-order chi connectivity index (χ0) is 17.6. The second kappa shape index (κ2) is 8.63. The van der Waals surface area contributed by atoms with Crippen molar-refractivity contribution in [2.24, 2.45) is 5.92 Å². The van der Waals surface area contributed by atoms with E-state index in [-0.39, 0.29) is 17.9 Å². The standard InChI is InChI=1S/C20H32N2O2/c1-20(2,3)18-8-6-16(7-9-18)10-11-21-19(24)14-22-12-4-5-17(13-22)15-23/h6-9,17,23H,4-5,10-15H2,1-3H3,(H,21,24). The number of nitrogens with one attached hydrogen (secondary N) is 1. The fourth-order valence-electron chi connectivity index (χ4n) is 3.22. The molecule has 1 heterocycles. The van der Waals surface area contributed by atoms with E-state index < -0.39 is 0 Å². The number of rotatable bonds is 6. The summed E-state index contributed by atoms with van der Waals surface area (Å²) in [6.45, 7) is 9.77. The second-order valence-corrected chi connectivity index (χ2v) is 7.97. The number of nitrogens with zero attached hydrogens (tertiary/aromatic N) is 1. The van der Waals surface area contributed by atoms with Gasteiger partial charge in [0.15, 0.2) is 0 Å². The Balaban J connectivity index is 1.70. The minimum atomic E-state index is 0.0832. The molecule has 0 bridgehead atoms. The molecular weight excluding hydrogens is 300 g/mol. The Bertz CT molecular complexity index is 519. The van der Waals surface area contributed by atoms with Crippen LogP contribution in [0.25, 0.3) is 0 Å². The van der Waals surface area contributed by atoms with Crippen LogP contribution < -0.4 is 5.32 Å². The smallest absolute Gasteiger partial charge is 0.234 e. The van der Waals surface area contributed by atoms with Gasteiger partial charge in [0.05, 0.1) is 6.54 Å². The summed E-state index contributed by atoms with van der Waals surface area (Å²) in [5.41, 5.74) is 2.76. The largest absolute Gasteiger partial charge is 0.396 e. The van der Waals surface area contributed by atoms with E-state index in [1.54, 1.807) is 0 Å².